The number of nitrogens with one attached hydrogen (secondary N) is 1. The highest BCUT2D eigenvalue weighted by Crippen LogP contribution is 2.13. The molecule has 146 valence electrons. The van der Waals surface area contributed by atoms with E-state index in [4.69, 9.17) is 4.74 Å². The zero-order chi connectivity index (χ0) is 19.4. The highest BCUT2D eigenvalue weighted by Gasteiger charge is 2.24. The summed E-state index contributed by atoms with van der Waals surface area (Å²) in [6, 6.07) is 7.61. The third-order valence-corrected chi connectivity index (χ3v) is 5.00. The number of carbonyl (C=O) groups excluding carboxylic acids is 2. The minimum atomic E-state index is -0.294. The number of likely N-dealkylation sites (tertiary alicyclic amines) is 1. The number of hydrogen-bond donors (Lipinski definition) is 1. The van der Waals surface area contributed by atoms with Crippen LogP contribution in [0.3, 0.4) is 0 Å². The van der Waals surface area contributed by atoms with Gasteiger partial charge in [-0.2, -0.15) is 0 Å². The maximum absolute atomic E-state index is 12.4. The number of para-hydroxylation sites is 2. The zero-order valence-corrected chi connectivity index (χ0v) is 15.8. The third kappa shape index (κ3) is 4.15. The van der Waals surface area contributed by atoms with Crippen LogP contribution in [0.15, 0.2) is 29.1 Å². The van der Waals surface area contributed by atoms with E-state index in [1.54, 1.807) is 28.0 Å². The molecule has 0 unspecified atom stereocenters. The molecule has 27 heavy (non-hydrogen) atoms. The molecule has 1 aliphatic heterocycles. The number of imidazole rings is 1. The van der Waals surface area contributed by atoms with Crippen molar-refractivity contribution in [3.8, 4) is 0 Å². The Labute approximate surface area is 157 Å². The van der Waals surface area contributed by atoms with E-state index in [0.29, 0.717) is 39.1 Å². The molecule has 1 aliphatic rings. The summed E-state index contributed by atoms with van der Waals surface area (Å²) in [6.07, 6.45) is 1.36. The van der Waals surface area contributed by atoms with Crippen LogP contribution in [0.1, 0.15) is 26.2 Å². The molecule has 0 atom stereocenters. The Morgan fingerprint density at radius 3 is 2.52 bits per heavy atom. The molecule has 1 fully saturated rings. The van der Waals surface area contributed by atoms with Gasteiger partial charge in [0.2, 0.25) is 5.91 Å². The smallest absolute Gasteiger partial charge is 0.409 e. The van der Waals surface area contributed by atoms with E-state index in [-0.39, 0.29) is 30.2 Å². The molecule has 0 saturated carbocycles. The van der Waals surface area contributed by atoms with Gasteiger partial charge in [0.15, 0.2) is 0 Å². The molecular formula is C19H26N4O4. The predicted octanol–water partition coefficient (Wildman–Crippen LogP) is 1.47. The van der Waals surface area contributed by atoms with Crippen LogP contribution in [-0.2, 0) is 23.1 Å². The number of rotatable bonds is 5. The Bertz CT molecular complexity index is 877. The lowest BCUT2D eigenvalue weighted by molar-refractivity contribution is -0.122. The Balaban J connectivity index is 1.52. The lowest BCUT2D eigenvalue weighted by atomic mass is 10.1. The predicted molar refractivity (Wildman–Crippen MR) is 102 cm³/mol. The molecule has 1 N–H and O–H groups in total. The monoisotopic (exact) mass is 374 g/mol. The number of aryl methyl sites for hydroxylation is 2. The van der Waals surface area contributed by atoms with Crippen molar-refractivity contribution >= 4 is 23.0 Å². The fourth-order valence-electron chi connectivity index (χ4n) is 3.51. The molecule has 1 saturated heterocycles. The van der Waals surface area contributed by atoms with Crippen molar-refractivity contribution in [1.29, 1.82) is 0 Å². The quantitative estimate of drug-likeness (QED) is 0.859. The minimum Gasteiger partial charge on any atom is -0.450 e. The average molecular weight is 374 g/mol. The van der Waals surface area contributed by atoms with Gasteiger partial charge in [-0.05, 0) is 31.9 Å². The van der Waals surface area contributed by atoms with Crippen LogP contribution in [0.25, 0.3) is 11.0 Å². The van der Waals surface area contributed by atoms with Crippen molar-refractivity contribution in [2.75, 3.05) is 19.7 Å². The SMILES string of the molecule is CCOC(=O)N1CCC(NC(=O)CCn2c(=O)n(C)c3ccccc32)CC1. The second-order valence-corrected chi connectivity index (χ2v) is 6.76. The van der Waals surface area contributed by atoms with Crippen molar-refractivity contribution in [1.82, 2.24) is 19.4 Å². The van der Waals surface area contributed by atoms with Gasteiger partial charge >= 0.3 is 11.8 Å². The van der Waals surface area contributed by atoms with Gasteiger partial charge in [0.25, 0.3) is 0 Å². The highest BCUT2D eigenvalue weighted by molar-refractivity contribution is 5.78. The van der Waals surface area contributed by atoms with E-state index in [2.05, 4.69) is 5.32 Å². The van der Waals surface area contributed by atoms with Crippen LogP contribution in [0, 0.1) is 0 Å². The number of amides is 2. The van der Waals surface area contributed by atoms with Crippen molar-refractivity contribution in [2.24, 2.45) is 7.05 Å². The van der Waals surface area contributed by atoms with Crippen molar-refractivity contribution in [2.45, 2.75) is 38.8 Å². The molecule has 8 nitrogen and oxygen atoms in total. The van der Waals surface area contributed by atoms with E-state index < -0.39 is 0 Å². The van der Waals surface area contributed by atoms with Gasteiger partial charge in [0.05, 0.1) is 17.6 Å². The third-order valence-electron chi connectivity index (χ3n) is 5.00. The molecule has 0 bridgehead atoms. The molecule has 2 aromatic rings. The Kier molecular flexibility index (Phi) is 5.83. The topological polar surface area (TPSA) is 85.6 Å². The average Bonchev–Trinajstić information content (AvgIpc) is 2.92. The number of hydrogen-bond acceptors (Lipinski definition) is 4. The van der Waals surface area contributed by atoms with Gasteiger partial charge in [-0.3, -0.25) is 13.9 Å². The number of piperidine rings is 1. The van der Waals surface area contributed by atoms with E-state index in [9.17, 15) is 14.4 Å². The first-order valence-corrected chi connectivity index (χ1v) is 9.36. The van der Waals surface area contributed by atoms with Crippen LogP contribution >= 0.6 is 0 Å². The summed E-state index contributed by atoms with van der Waals surface area (Å²) in [6.45, 7) is 3.64. The minimum absolute atomic E-state index is 0.0485. The van der Waals surface area contributed by atoms with Gasteiger partial charge in [-0.15, -0.1) is 0 Å². The van der Waals surface area contributed by atoms with Crippen LogP contribution in [0.4, 0.5) is 4.79 Å². The number of benzene rings is 1. The van der Waals surface area contributed by atoms with Crippen LogP contribution in [0.5, 0.6) is 0 Å². The number of fused-ring (bicyclic) bond motifs is 1. The first-order chi connectivity index (χ1) is 13.0. The summed E-state index contributed by atoms with van der Waals surface area (Å²) < 4.78 is 8.23. The van der Waals surface area contributed by atoms with Gasteiger partial charge in [-0.25, -0.2) is 9.59 Å². The Hall–Kier alpha value is -2.77. The lowest BCUT2D eigenvalue weighted by Crippen LogP contribution is -2.46. The maximum atomic E-state index is 12.4. The van der Waals surface area contributed by atoms with Gasteiger partial charge in [0.1, 0.15) is 0 Å². The summed E-state index contributed by atoms with van der Waals surface area (Å²) in [4.78, 5) is 38.1. The number of carbonyl (C=O) groups is 2. The first kappa shape index (κ1) is 19.0. The van der Waals surface area contributed by atoms with Crippen LogP contribution in [-0.4, -0.2) is 51.8 Å². The summed E-state index contributed by atoms with van der Waals surface area (Å²) in [7, 11) is 1.73. The van der Waals surface area contributed by atoms with Crippen molar-refractivity contribution in [3.05, 3.63) is 34.7 Å². The summed E-state index contributed by atoms with van der Waals surface area (Å²) >= 11 is 0. The molecule has 0 spiro atoms. The fraction of sp³-hybridized carbons (Fsp3) is 0.526. The first-order valence-electron chi connectivity index (χ1n) is 9.36. The molecule has 2 amide bonds. The second kappa shape index (κ2) is 8.28. The zero-order valence-electron chi connectivity index (χ0n) is 15.8. The van der Waals surface area contributed by atoms with Gasteiger partial charge in [-0.1, -0.05) is 12.1 Å². The standard InChI is InChI=1S/C19H26N4O4/c1-3-27-19(26)22-11-8-14(9-12-22)20-17(24)10-13-23-16-7-5-4-6-15(16)21(2)18(23)25/h4-7,14H,3,8-13H2,1-2H3,(H,20,24). The summed E-state index contributed by atoms with van der Waals surface area (Å²) in [5.41, 5.74) is 1.57. The maximum Gasteiger partial charge on any atom is 0.409 e. The van der Waals surface area contributed by atoms with Gasteiger partial charge < -0.3 is 15.0 Å². The van der Waals surface area contributed by atoms with Crippen molar-refractivity contribution in [3.63, 3.8) is 0 Å². The lowest BCUT2D eigenvalue weighted by Gasteiger charge is -2.31. The second-order valence-electron chi connectivity index (χ2n) is 6.76. The Morgan fingerprint density at radius 1 is 1.19 bits per heavy atom. The normalized spacial score (nSPS) is 15.1. The van der Waals surface area contributed by atoms with Gasteiger partial charge in [0, 0.05) is 39.1 Å². The largest absolute Gasteiger partial charge is 0.450 e. The molecule has 2 heterocycles. The van der Waals surface area contributed by atoms with E-state index in [1.165, 1.54) is 0 Å². The molecule has 8 heteroatoms. The molecular weight excluding hydrogens is 348 g/mol. The molecule has 1 aromatic carbocycles. The number of ether oxygens (including phenoxy) is 1. The van der Waals surface area contributed by atoms with E-state index in [1.807, 2.05) is 24.3 Å². The van der Waals surface area contributed by atoms with Crippen LogP contribution < -0.4 is 11.0 Å². The molecule has 3 rings (SSSR count). The summed E-state index contributed by atoms with van der Waals surface area (Å²) in [5, 5.41) is 3.02. The summed E-state index contributed by atoms with van der Waals surface area (Å²) in [5.74, 6) is -0.0792. The van der Waals surface area contributed by atoms with E-state index >= 15 is 0 Å². The number of aromatic nitrogens is 2. The molecule has 0 aliphatic carbocycles. The molecule has 0 radical (unpaired) electrons. The molecule has 1 aromatic heterocycles. The fourth-order valence-corrected chi connectivity index (χ4v) is 3.51. The van der Waals surface area contributed by atoms with Crippen molar-refractivity contribution < 1.29 is 14.3 Å². The Morgan fingerprint density at radius 2 is 1.85 bits per heavy atom. The van der Waals surface area contributed by atoms with E-state index in [0.717, 1.165) is 11.0 Å². The number of nitrogens with zero attached hydrogens (tertiary/aromatic N) is 3. The highest BCUT2D eigenvalue weighted by atomic mass is 16.6. The van der Waals surface area contributed by atoms with Crippen LogP contribution in [0.2, 0.25) is 0 Å².